The minimum atomic E-state index is -0.614. The van der Waals surface area contributed by atoms with Crippen molar-refractivity contribution in [3.63, 3.8) is 0 Å². The first-order chi connectivity index (χ1) is 8.58. The average molecular weight is 247 g/mol. The summed E-state index contributed by atoms with van der Waals surface area (Å²) >= 11 is 0. The van der Waals surface area contributed by atoms with Gasteiger partial charge in [-0.05, 0) is 12.1 Å². The van der Waals surface area contributed by atoms with Gasteiger partial charge in [0.25, 0.3) is 5.91 Å². The highest BCUT2D eigenvalue weighted by molar-refractivity contribution is 6.05. The highest BCUT2D eigenvalue weighted by Gasteiger charge is 2.16. The van der Waals surface area contributed by atoms with Crippen LogP contribution in [0.4, 0.5) is 11.6 Å². The highest BCUT2D eigenvalue weighted by atomic mass is 16.3. The Morgan fingerprint density at radius 2 is 1.94 bits per heavy atom. The van der Waals surface area contributed by atoms with Gasteiger partial charge in [0, 0.05) is 12.4 Å². The van der Waals surface area contributed by atoms with E-state index < -0.39 is 17.7 Å². The molecule has 0 radical (unpaired) electrons. The molecule has 8 heteroatoms. The fraction of sp³-hybridized carbons (Fsp3) is 0. The molecule has 0 aliphatic carbocycles. The van der Waals surface area contributed by atoms with Gasteiger partial charge in [0.1, 0.15) is 0 Å². The summed E-state index contributed by atoms with van der Waals surface area (Å²) in [6.45, 7) is 0. The van der Waals surface area contributed by atoms with E-state index in [1.165, 1.54) is 18.5 Å². The summed E-state index contributed by atoms with van der Waals surface area (Å²) in [5.74, 6) is -2.10. The number of aromatic hydroxyl groups is 2. The van der Waals surface area contributed by atoms with Crippen LogP contribution in [-0.2, 0) is 0 Å². The molecule has 0 fully saturated rings. The van der Waals surface area contributed by atoms with Crippen molar-refractivity contribution in [3.05, 3.63) is 30.1 Å². The molecule has 2 rings (SSSR count). The third-order valence-electron chi connectivity index (χ3n) is 2.05. The maximum absolute atomic E-state index is 11.7. The number of nitrogens with zero attached hydrogens (tertiary/aromatic N) is 3. The van der Waals surface area contributed by atoms with Gasteiger partial charge in [0.15, 0.2) is 5.69 Å². The van der Waals surface area contributed by atoms with Crippen LogP contribution in [0.1, 0.15) is 10.4 Å². The van der Waals surface area contributed by atoms with E-state index in [9.17, 15) is 15.0 Å². The summed E-state index contributed by atoms with van der Waals surface area (Å²) in [5.41, 5.74) is 5.16. The lowest BCUT2D eigenvalue weighted by Gasteiger charge is -2.07. The minimum Gasteiger partial charge on any atom is -0.492 e. The van der Waals surface area contributed by atoms with E-state index >= 15 is 0 Å². The van der Waals surface area contributed by atoms with Crippen molar-refractivity contribution < 1.29 is 15.0 Å². The summed E-state index contributed by atoms with van der Waals surface area (Å²) in [7, 11) is 0. The number of nitrogens with one attached hydrogen (secondary N) is 1. The van der Waals surface area contributed by atoms with Crippen molar-refractivity contribution in [3.8, 4) is 11.8 Å². The maximum atomic E-state index is 11.7. The van der Waals surface area contributed by atoms with Gasteiger partial charge < -0.3 is 21.3 Å². The van der Waals surface area contributed by atoms with Gasteiger partial charge in [-0.25, -0.2) is 0 Å². The fourth-order valence-corrected chi connectivity index (χ4v) is 1.25. The second-order valence-electron chi connectivity index (χ2n) is 3.30. The molecular weight excluding hydrogens is 238 g/mol. The van der Waals surface area contributed by atoms with Crippen molar-refractivity contribution in [1.29, 1.82) is 0 Å². The van der Waals surface area contributed by atoms with Gasteiger partial charge in [-0.3, -0.25) is 9.78 Å². The number of carbonyl (C=O) groups is 1. The summed E-state index contributed by atoms with van der Waals surface area (Å²) in [4.78, 5) is 22.3. The van der Waals surface area contributed by atoms with Crippen LogP contribution in [0.25, 0.3) is 0 Å². The summed E-state index contributed by atoms with van der Waals surface area (Å²) in [6.07, 6.45) is 2.85. The van der Waals surface area contributed by atoms with Crippen molar-refractivity contribution in [1.82, 2.24) is 15.0 Å². The number of hydrogen-bond acceptors (Lipinski definition) is 7. The molecule has 2 heterocycles. The van der Waals surface area contributed by atoms with E-state index in [4.69, 9.17) is 5.73 Å². The first-order valence-corrected chi connectivity index (χ1v) is 4.84. The number of rotatable bonds is 2. The zero-order valence-corrected chi connectivity index (χ0v) is 9.03. The number of carbonyl (C=O) groups excluding carboxylic acids is 1. The fourth-order valence-electron chi connectivity index (χ4n) is 1.25. The monoisotopic (exact) mass is 247 g/mol. The van der Waals surface area contributed by atoms with E-state index in [0.29, 0.717) is 0 Å². The van der Waals surface area contributed by atoms with Crippen LogP contribution in [0.15, 0.2) is 24.5 Å². The number of pyridine rings is 1. The molecule has 0 atom stereocenters. The van der Waals surface area contributed by atoms with Gasteiger partial charge in [-0.15, -0.1) is 0 Å². The molecule has 0 aliphatic heterocycles. The first-order valence-electron chi connectivity index (χ1n) is 4.84. The zero-order valence-electron chi connectivity index (χ0n) is 9.03. The molecule has 8 nitrogen and oxygen atoms in total. The van der Waals surface area contributed by atoms with Crippen molar-refractivity contribution in [2.24, 2.45) is 0 Å². The number of nitrogens with two attached hydrogens (primary N) is 1. The largest absolute Gasteiger partial charge is 0.492 e. The van der Waals surface area contributed by atoms with Crippen LogP contribution in [0, 0.1) is 0 Å². The van der Waals surface area contributed by atoms with Crippen LogP contribution in [0.3, 0.4) is 0 Å². The Morgan fingerprint density at radius 3 is 2.50 bits per heavy atom. The molecule has 2 aromatic rings. The SMILES string of the molecule is Nc1nc(O)c(NC(=O)c2cccnc2)c(O)n1. The zero-order chi connectivity index (χ0) is 13.1. The lowest BCUT2D eigenvalue weighted by Crippen LogP contribution is -2.13. The molecule has 1 amide bonds. The molecule has 0 spiro atoms. The highest BCUT2D eigenvalue weighted by Crippen LogP contribution is 2.30. The molecule has 18 heavy (non-hydrogen) atoms. The van der Waals surface area contributed by atoms with E-state index in [2.05, 4.69) is 20.3 Å². The smallest absolute Gasteiger partial charge is 0.257 e. The number of amides is 1. The second-order valence-corrected chi connectivity index (χ2v) is 3.30. The molecular formula is C10H9N5O3. The van der Waals surface area contributed by atoms with Gasteiger partial charge in [-0.1, -0.05) is 0 Å². The van der Waals surface area contributed by atoms with E-state index in [0.717, 1.165) is 0 Å². The van der Waals surface area contributed by atoms with Gasteiger partial charge >= 0.3 is 0 Å². The maximum Gasteiger partial charge on any atom is 0.257 e. The molecule has 0 bridgehead atoms. The lowest BCUT2D eigenvalue weighted by molar-refractivity contribution is 0.102. The van der Waals surface area contributed by atoms with Gasteiger partial charge in [-0.2, -0.15) is 9.97 Å². The Morgan fingerprint density at radius 1 is 1.28 bits per heavy atom. The summed E-state index contributed by atoms with van der Waals surface area (Å²) in [6, 6.07) is 3.10. The quantitative estimate of drug-likeness (QED) is 0.591. The van der Waals surface area contributed by atoms with Gasteiger partial charge in [0.05, 0.1) is 5.56 Å². The summed E-state index contributed by atoms with van der Waals surface area (Å²) < 4.78 is 0. The summed E-state index contributed by atoms with van der Waals surface area (Å²) in [5, 5.41) is 21.2. The molecule has 0 aromatic carbocycles. The number of nitrogen functional groups attached to an aromatic ring is 1. The molecule has 0 unspecified atom stereocenters. The van der Waals surface area contributed by atoms with Crippen molar-refractivity contribution >= 4 is 17.5 Å². The van der Waals surface area contributed by atoms with Crippen molar-refractivity contribution in [2.45, 2.75) is 0 Å². The Bertz CT molecular complexity index is 564. The average Bonchev–Trinajstić information content (AvgIpc) is 2.34. The molecule has 0 saturated heterocycles. The minimum absolute atomic E-state index is 0.258. The standard InChI is InChI=1S/C10H9N5O3/c11-10-14-8(17)6(9(18)15-10)13-7(16)5-2-1-3-12-4-5/h1-4H,(H,13,16)(H4,11,14,15,17,18). The Kier molecular flexibility index (Phi) is 2.92. The Balaban J connectivity index is 2.28. The third-order valence-corrected chi connectivity index (χ3v) is 2.05. The molecule has 2 aromatic heterocycles. The number of anilines is 2. The van der Waals surface area contributed by atoms with E-state index in [1.54, 1.807) is 6.07 Å². The molecule has 0 saturated carbocycles. The van der Waals surface area contributed by atoms with E-state index in [1.807, 2.05) is 0 Å². The second kappa shape index (κ2) is 4.53. The number of aromatic nitrogens is 3. The van der Waals surface area contributed by atoms with Crippen LogP contribution in [0.2, 0.25) is 0 Å². The van der Waals surface area contributed by atoms with Crippen LogP contribution in [0.5, 0.6) is 11.8 Å². The van der Waals surface area contributed by atoms with Gasteiger partial charge in [0.2, 0.25) is 17.7 Å². The third kappa shape index (κ3) is 2.26. The Labute approximate surface area is 101 Å². The van der Waals surface area contributed by atoms with Crippen LogP contribution >= 0.6 is 0 Å². The Hall–Kier alpha value is -2.90. The number of hydrogen-bond donors (Lipinski definition) is 4. The first kappa shape index (κ1) is 11.6. The van der Waals surface area contributed by atoms with Crippen LogP contribution in [-0.4, -0.2) is 31.1 Å². The van der Waals surface area contributed by atoms with E-state index in [-0.39, 0.29) is 17.2 Å². The predicted octanol–water partition coefficient (Wildman–Crippen LogP) is 0.117. The predicted molar refractivity (Wildman–Crippen MR) is 62.0 cm³/mol. The molecule has 92 valence electrons. The lowest BCUT2D eigenvalue weighted by atomic mass is 10.2. The van der Waals surface area contributed by atoms with Crippen molar-refractivity contribution in [2.75, 3.05) is 11.1 Å². The molecule has 5 N–H and O–H groups in total. The normalized spacial score (nSPS) is 10.0. The van der Waals surface area contributed by atoms with Crippen LogP contribution < -0.4 is 11.1 Å². The molecule has 0 aliphatic rings. The topological polar surface area (TPSA) is 134 Å².